The molecule has 122 valence electrons. The average Bonchev–Trinajstić information content (AvgIpc) is 3.03. The van der Waals surface area contributed by atoms with Crippen LogP contribution in [0.2, 0.25) is 0 Å². The molecule has 0 spiro atoms. The molecule has 1 aromatic heterocycles. The summed E-state index contributed by atoms with van der Waals surface area (Å²) in [7, 11) is 3.14. The average molecular weight is 339 g/mol. The molecule has 0 N–H and O–H groups in total. The van der Waals surface area contributed by atoms with E-state index in [1.54, 1.807) is 20.2 Å². The van der Waals surface area contributed by atoms with Crippen molar-refractivity contribution >= 4 is 35.2 Å². The Morgan fingerprint density at radius 2 is 1.67 bits per heavy atom. The van der Waals surface area contributed by atoms with Gasteiger partial charge in [-0.3, -0.25) is 19.4 Å². The van der Waals surface area contributed by atoms with Crippen LogP contribution in [-0.2, 0) is 9.59 Å². The van der Waals surface area contributed by atoms with Crippen molar-refractivity contribution in [1.82, 2.24) is 14.4 Å². The molecule has 6 heteroatoms. The first-order chi connectivity index (χ1) is 11.4. The minimum absolute atomic E-state index is 0.0983. The second-order valence-corrected chi connectivity index (χ2v) is 6.08. The number of amides is 2. The number of hydrogen-bond acceptors (Lipinski definition) is 3. The number of nitrogens with zero attached hydrogens (tertiary/aromatic N) is 3. The minimum atomic E-state index is -0.389. The summed E-state index contributed by atoms with van der Waals surface area (Å²) in [5.74, 6) is -0.778. The molecule has 1 fully saturated rings. The molecule has 2 aromatic rings. The lowest BCUT2D eigenvalue weighted by molar-refractivity contribution is -0.132. The highest BCUT2D eigenvalue weighted by Crippen LogP contribution is 2.21. The molecule has 1 aliphatic heterocycles. The molecule has 2 amide bonds. The predicted molar refractivity (Wildman–Crippen MR) is 96.6 cm³/mol. The van der Waals surface area contributed by atoms with Crippen molar-refractivity contribution in [2.75, 3.05) is 14.1 Å². The molecule has 0 radical (unpaired) electrons. The van der Waals surface area contributed by atoms with Gasteiger partial charge in [0.05, 0.1) is 0 Å². The molecule has 1 aliphatic rings. The highest BCUT2D eigenvalue weighted by atomic mass is 32.1. The van der Waals surface area contributed by atoms with Crippen molar-refractivity contribution in [3.8, 4) is 5.69 Å². The molecule has 24 heavy (non-hydrogen) atoms. The van der Waals surface area contributed by atoms with Crippen LogP contribution in [0.15, 0.2) is 48.2 Å². The molecule has 1 saturated heterocycles. The lowest BCUT2D eigenvalue weighted by atomic mass is 10.1. The number of benzene rings is 1. The Morgan fingerprint density at radius 1 is 1.00 bits per heavy atom. The van der Waals surface area contributed by atoms with Crippen molar-refractivity contribution in [1.29, 1.82) is 0 Å². The Labute approximate surface area is 145 Å². The quantitative estimate of drug-likeness (QED) is 0.479. The van der Waals surface area contributed by atoms with Gasteiger partial charge in [0.25, 0.3) is 11.8 Å². The van der Waals surface area contributed by atoms with E-state index in [-0.39, 0.29) is 22.5 Å². The van der Waals surface area contributed by atoms with Crippen molar-refractivity contribution in [2.45, 2.75) is 6.92 Å². The van der Waals surface area contributed by atoms with Gasteiger partial charge in [0.15, 0.2) is 5.11 Å². The Balaban J connectivity index is 2.06. The van der Waals surface area contributed by atoms with Gasteiger partial charge in [-0.25, -0.2) is 0 Å². The standard InChI is InChI=1S/C18H17N3O2S/c1-12-6-4-7-13(10-12)21-9-5-8-14(21)11-15-16(22)19(2)18(24)20(3)17(15)23/h4-11H,1-3H3. The van der Waals surface area contributed by atoms with Crippen LogP contribution in [-0.4, -0.2) is 45.4 Å². The largest absolute Gasteiger partial charge is 0.317 e. The van der Waals surface area contributed by atoms with Crippen molar-refractivity contribution in [2.24, 2.45) is 0 Å². The second-order valence-electron chi connectivity index (χ2n) is 5.71. The highest BCUT2D eigenvalue weighted by molar-refractivity contribution is 7.80. The number of aromatic nitrogens is 1. The summed E-state index contributed by atoms with van der Waals surface area (Å²) >= 11 is 5.10. The Kier molecular flexibility index (Phi) is 4.07. The maximum atomic E-state index is 12.4. The van der Waals surface area contributed by atoms with Crippen LogP contribution in [0.25, 0.3) is 11.8 Å². The molecular weight excluding hydrogens is 322 g/mol. The number of carbonyl (C=O) groups is 2. The summed E-state index contributed by atoms with van der Waals surface area (Å²) in [5, 5.41) is 0.205. The number of hydrogen-bond donors (Lipinski definition) is 0. The highest BCUT2D eigenvalue weighted by Gasteiger charge is 2.35. The van der Waals surface area contributed by atoms with Gasteiger partial charge < -0.3 is 4.57 Å². The van der Waals surface area contributed by atoms with E-state index in [1.165, 1.54) is 9.80 Å². The molecule has 1 aromatic carbocycles. The van der Waals surface area contributed by atoms with Crippen LogP contribution in [0.3, 0.4) is 0 Å². The smallest absolute Gasteiger partial charge is 0.265 e. The van der Waals surface area contributed by atoms with Gasteiger partial charge in [0, 0.05) is 31.7 Å². The zero-order valence-electron chi connectivity index (χ0n) is 13.7. The first-order valence-electron chi connectivity index (χ1n) is 7.46. The molecule has 0 saturated carbocycles. The van der Waals surface area contributed by atoms with E-state index in [0.29, 0.717) is 0 Å². The van der Waals surface area contributed by atoms with Gasteiger partial charge in [0.2, 0.25) is 0 Å². The normalized spacial score (nSPS) is 15.3. The fourth-order valence-electron chi connectivity index (χ4n) is 2.65. The molecule has 0 unspecified atom stereocenters. The third-order valence-electron chi connectivity index (χ3n) is 4.00. The SMILES string of the molecule is Cc1cccc(-n2cccc2C=C2C(=O)N(C)C(=S)N(C)C2=O)c1. The molecule has 2 heterocycles. The van der Waals surface area contributed by atoms with Crippen LogP contribution in [0.1, 0.15) is 11.3 Å². The maximum absolute atomic E-state index is 12.4. The van der Waals surface area contributed by atoms with Gasteiger partial charge in [-0.1, -0.05) is 12.1 Å². The van der Waals surface area contributed by atoms with Gasteiger partial charge in [-0.15, -0.1) is 0 Å². The molecule has 0 aliphatic carbocycles. The van der Waals surface area contributed by atoms with Crippen molar-refractivity contribution in [3.63, 3.8) is 0 Å². The zero-order valence-corrected chi connectivity index (χ0v) is 14.5. The number of aryl methyl sites for hydroxylation is 1. The number of thiocarbonyl (C=S) groups is 1. The van der Waals surface area contributed by atoms with Crippen LogP contribution in [0.5, 0.6) is 0 Å². The summed E-state index contributed by atoms with van der Waals surface area (Å²) < 4.78 is 1.94. The maximum Gasteiger partial charge on any atom is 0.265 e. The van der Waals surface area contributed by atoms with E-state index in [1.807, 2.05) is 54.1 Å². The lowest BCUT2D eigenvalue weighted by Gasteiger charge is -2.31. The first-order valence-corrected chi connectivity index (χ1v) is 7.87. The number of likely N-dealkylation sites (N-methyl/N-ethyl adjacent to an activating group) is 2. The Morgan fingerprint density at radius 3 is 2.29 bits per heavy atom. The first kappa shape index (κ1) is 16.1. The van der Waals surface area contributed by atoms with Crippen LogP contribution in [0, 0.1) is 6.92 Å². The molecule has 0 bridgehead atoms. The van der Waals surface area contributed by atoms with Crippen molar-refractivity contribution < 1.29 is 9.59 Å². The third-order valence-corrected chi connectivity index (χ3v) is 4.54. The van der Waals surface area contributed by atoms with Crippen LogP contribution < -0.4 is 0 Å². The van der Waals surface area contributed by atoms with Gasteiger partial charge in [-0.2, -0.15) is 0 Å². The van der Waals surface area contributed by atoms with E-state index >= 15 is 0 Å². The summed E-state index contributed by atoms with van der Waals surface area (Å²) in [5.41, 5.74) is 2.96. The second kappa shape index (κ2) is 6.05. The van der Waals surface area contributed by atoms with E-state index in [4.69, 9.17) is 12.2 Å². The van der Waals surface area contributed by atoms with Gasteiger partial charge >= 0.3 is 0 Å². The van der Waals surface area contributed by atoms with Gasteiger partial charge in [-0.05, 0) is 55.0 Å². The lowest BCUT2D eigenvalue weighted by Crippen LogP contribution is -2.52. The molecule has 5 nitrogen and oxygen atoms in total. The van der Waals surface area contributed by atoms with Crippen molar-refractivity contribution in [3.05, 3.63) is 59.4 Å². The van der Waals surface area contributed by atoms with Crippen LogP contribution >= 0.6 is 12.2 Å². The summed E-state index contributed by atoms with van der Waals surface area (Å²) in [6.07, 6.45) is 3.51. The van der Waals surface area contributed by atoms with Gasteiger partial charge in [0.1, 0.15) is 5.57 Å². The van der Waals surface area contributed by atoms with Crippen LogP contribution in [0.4, 0.5) is 0 Å². The number of rotatable bonds is 2. The monoisotopic (exact) mass is 339 g/mol. The number of carbonyl (C=O) groups excluding carboxylic acids is 2. The predicted octanol–water partition coefficient (Wildman–Crippen LogP) is 2.38. The summed E-state index contributed by atoms with van der Waals surface area (Å²) in [6.45, 7) is 2.02. The molecular formula is C18H17N3O2S. The topological polar surface area (TPSA) is 45.6 Å². The minimum Gasteiger partial charge on any atom is -0.317 e. The van der Waals surface area contributed by atoms with E-state index in [0.717, 1.165) is 16.9 Å². The summed E-state index contributed by atoms with van der Waals surface area (Å²) in [6, 6.07) is 11.8. The molecule has 0 atom stereocenters. The fraction of sp³-hybridized carbons (Fsp3) is 0.167. The summed E-state index contributed by atoms with van der Waals surface area (Å²) in [4.78, 5) is 27.5. The van der Waals surface area contributed by atoms with E-state index in [9.17, 15) is 9.59 Å². The van der Waals surface area contributed by atoms with E-state index in [2.05, 4.69) is 0 Å². The Hall–Kier alpha value is -2.73. The van der Waals surface area contributed by atoms with E-state index < -0.39 is 0 Å². The molecule has 3 rings (SSSR count). The zero-order chi connectivity index (χ0) is 17.4. The third kappa shape index (κ3) is 2.65. The Bertz CT molecular complexity index is 856. The fourth-order valence-corrected chi connectivity index (χ4v) is 2.81.